The summed E-state index contributed by atoms with van der Waals surface area (Å²) in [5.41, 5.74) is 57.5. The molecule has 1 saturated heterocycles. The number of nitrogens with zero attached hydrogens (tertiary/aromatic N) is 1. The fraction of sp³-hybridized carbons (Fsp3) is 0.538. The van der Waals surface area contributed by atoms with Crippen LogP contribution in [0, 0.1) is 11.8 Å². The van der Waals surface area contributed by atoms with E-state index in [2.05, 4.69) is 143 Å². The second-order valence-corrected chi connectivity index (χ2v) is 13.1. The molecule has 2 rings (SSSR count). The standard InChI is InChI=1S/C26H59F2N29O6/c1-14(2)18(20(58)26(27,28)25(63)30-13-16-9-6-5-7-10-16)31-21(59)17-11-8-12-57(17)24(62)19(15(3)4)32-22(60)23(61)33-35-37-39-41-43-45-47-49-51-53-55-56-54-52-50-48-46-44-42-40-38-36-34-29/h5-7,9-10,14-15,17-19,34-56H,8,11-13,29H2,1-4H3,(H,30,63)(H,31,59)(H,32,60)(H,33,61)/t17?,18-,19-/m0/s1. The van der Waals surface area contributed by atoms with Crippen LogP contribution in [0.4, 0.5) is 8.78 Å². The van der Waals surface area contributed by atoms with Crippen molar-refractivity contribution in [2.24, 2.45) is 17.7 Å². The summed E-state index contributed by atoms with van der Waals surface area (Å²) >= 11 is 0. The molecule has 0 spiro atoms. The number of hydrazine groups is 24. The lowest BCUT2D eigenvalue weighted by molar-refractivity contribution is -0.161. The van der Waals surface area contributed by atoms with Crippen LogP contribution in [0.1, 0.15) is 46.1 Å². The first-order chi connectivity index (χ1) is 30.2. The summed E-state index contributed by atoms with van der Waals surface area (Å²) in [6.45, 7) is 5.85. The molecule has 37 heteroatoms. The fourth-order valence-electron chi connectivity index (χ4n) is 4.99. The maximum Gasteiger partial charge on any atom is 0.383 e. The molecule has 358 valence electrons. The molecule has 0 aliphatic carbocycles. The van der Waals surface area contributed by atoms with Crippen LogP contribution < -0.4 is 155 Å². The Morgan fingerprint density at radius 1 is 0.635 bits per heavy atom. The number of nitrogens with two attached hydrogens (primary N) is 1. The highest BCUT2D eigenvalue weighted by Crippen LogP contribution is 2.24. The minimum absolute atomic E-state index is 0.0651. The number of likely N-dealkylation sites (tertiary alicyclic amines) is 1. The van der Waals surface area contributed by atoms with E-state index in [0.29, 0.717) is 12.0 Å². The van der Waals surface area contributed by atoms with Crippen molar-refractivity contribution in [1.29, 1.82) is 0 Å². The minimum atomic E-state index is -4.48. The lowest BCUT2D eigenvalue weighted by Gasteiger charge is -2.32. The van der Waals surface area contributed by atoms with Crippen molar-refractivity contribution in [3.05, 3.63) is 35.9 Å². The third-order valence-corrected chi connectivity index (χ3v) is 7.96. The van der Waals surface area contributed by atoms with Crippen molar-refractivity contribution in [2.45, 2.75) is 71.1 Å². The topological polar surface area (TPSA) is 456 Å². The number of Topliss-reactive ketones (excluding diaryl/α,β-unsaturated/α-hetero) is 1. The molecular formula is C26H59F2N29O6. The molecule has 0 radical (unpaired) electrons. The molecule has 29 N–H and O–H groups in total. The highest BCUT2D eigenvalue weighted by molar-refractivity contribution is 6.35. The van der Waals surface area contributed by atoms with Gasteiger partial charge in [0, 0.05) is 13.1 Å². The third-order valence-electron chi connectivity index (χ3n) is 7.96. The predicted molar refractivity (Wildman–Crippen MR) is 211 cm³/mol. The quantitative estimate of drug-likeness (QED) is 0.0100. The molecule has 1 aromatic rings. The van der Waals surface area contributed by atoms with Gasteiger partial charge in [-0.25, -0.2) is 0 Å². The number of alkyl halides is 2. The number of rotatable bonds is 34. The van der Waals surface area contributed by atoms with Gasteiger partial charge in [0.05, 0.1) is 6.04 Å². The van der Waals surface area contributed by atoms with Gasteiger partial charge in [-0.2, -0.15) is 136 Å². The molecule has 3 atom stereocenters. The Bertz CT molecular complexity index is 1520. The van der Waals surface area contributed by atoms with Crippen LogP contribution in [0.3, 0.4) is 0 Å². The summed E-state index contributed by atoms with van der Waals surface area (Å²) in [7, 11) is 0. The minimum Gasteiger partial charge on any atom is -0.346 e. The van der Waals surface area contributed by atoms with Gasteiger partial charge in [0.25, 0.3) is 5.91 Å². The molecule has 1 fully saturated rings. The summed E-state index contributed by atoms with van der Waals surface area (Å²) in [5.74, 6) is -8.62. The van der Waals surface area contributed by atoms with Crippen LogP contribution in [-0.2, 0) is 35.3 Å². The molecule has 1 unspecified atom stereocenters. The number of nitrogens with one attached hydrogen (secondary N) is 27. The lowest BCUT2D eigenvalue weighted by Crippen LogP contribution is -2.70. The maximum atomic E-state index is 15.1. The average molecular weight is 912 g/mol. The SMILES string of the molecule is CC(C)[C@H](NC(=O)C(=O)NNNNNNNNNNNNNNNNNNNNNNNNN)C(=O)N1CCCC1C(=O)N[C@H](C(=O)C(F)(F)C(=O)NCc1ccccc1)C(C)C. The highest BCUT2D eigenvalue weighted by Gasteiger charge is 2.51. The number of hydrogen-bond donors (Lipinski definition) is 28. The zero-order valence-corrected chi connectivity index (χ0v) is 34.3. The number of hydrogen-bond acceptors (Lipinski definition) is 30. The Labute approximate surface area is 357 Å². The van der Waals surface area contributed by atoms with Crippen molar-refractivity contribution < 1.29 is 37.5 Å². The zero-order chi connectivity index (χ0) is 46.5. The molecule has 0 bridgehead atoms. The van der Waals surface area contributed by atoms with Crippen molar-refractivity contribution in [3.63, 3.8) is 0 Å². The van der Waals surface area contributed by atoms with E-state index in [-0.39, 0.29) is 19.5 Å². The molecule has 5 amide bonds. The van der Waals surface area contributed by atoms with E-state index in [9.17, 15) is 28.8 Å². The number of carbonyl (C=O) groups excluding carboxylic acids is 6. The van der Waals surface area contributed by atoms with E-state index in [4.69, 9.17) is 5.84 Å². The molecule has 63 heavy (non-hydrogen) atoms. The first-order valence-electron chi connectivity index (χ1n) is 18.6. The summed E-state index contributed by atoms with van der Waals surface area (Å²) in [5, 5.41) is 6.71. The van der Waals surface area contributed by atoms with Gasteiger partial charge in [-0.05, 0) is 30.2 Å². The van der Waals surface area contributed by atoms with Gasteiger partial charge in [0.15, 0.2) is 0 Å². The Kier molecular flexibility index (Phi) is 26.8. The Morgan fingerprint density at radius 2 is 1.08 bits per heavy atom. The summed E-state index contributed by atoms with van der Waals surface area (Å²) in [4.78, 5) is 78.9. The Balaban J connectivity index is 1.65. The van der Waals surface area contributed by atoms with Crippen molar-refractivity contribution in [2.75, 3.05) is 6.54 Å². The van der Waals surface area contributed by atoms with Gasteiger partial charge in [-0.15, -0.1) is 0 Å². The van der Waals surface area contributed by atoms with Crippen molar-refractivity contribution >= 4 is 35.3 Å². The molecule has 1 heterocycles. The van der Waals surface area contributed by atoms with E-state index >= 15 is 8.78 Å². The van der Waals surface area contributed by atoms with E-state index in [1.165, 1.54) is 13.8 Å². The second kappa shape index (κ2) is 31.1. The van der Waals surface area contributed by atoms with Crippen LogP contribution in [0.5, 0.6) is 0 Å². The van der Waals surface area contributed by atoms with Crippen LogP contribution in [-0.4, -0.2) is 70.8 Å². The van der Waals surface area contributed by atoms with Gasteiger partial charge in [0.2, 0.25) is 17.6 Å². The zero-order valence-electron chi connectivity index (χ0n) is 34.3. The molecule has 0 aromatic heterocycles. The number of carbonyl (C=O) groups is 6. The predicted octanol–water partition coefficient (Wildman–Crippen LogP) is -11.6. The summed E-state index contributed by atoms with van der Waals surface area (Å²) < 4.78 is 30.3. The van der Waals surface area contributed by atoms with Crippen LogP contribution >= 0.6 is 0 Å². The third kappa shape index (κ3) is 20.9. The fourth-order valence-corrected chi connectivity index (χ4v) is 4.99. The van der Waals surface area contributed by atoms with E-state index in [1.54, 1.807) is 44.2 Å². The van der Waals surface area contributed by atoms with Crippen molar-refractivity contribution in [1.82, 2.24) is 154 Å². The van der Waals surface area contributed by atoms with E-state index < -0.39 is 71.2 Å². The van der Waals surface area contributed by atoms with Gasteiger partial charge in [-0.3, -0.25) is 40.0 Å². The maximum absolute atomic E-state index is 15.1. The smallest absolute Gasteiger partial charge is 0.346 e. The largest absolute Gasteiger partial charge is 0.383 e. The first kappa shape index (κ1) is 54.3. The van der Waals surface area contributed by atoms with E-state index in [0.717, 1.165) is 4.90 Å². The Hall–Kier alpha value is -4.86. The molecule has 35 nitrogen and oxygen atoms in total. The number of ketones is 1. The van der Waals surface area contributed by atoms with Crippen molar-refractivity contribution in [3.8, 4) is 0 Å². The molecule has 0 saturated carbocycles. The number of amides is 5. The normalized spacial score (nSPS) is 15.0. The van der Waals surface area contributed by atoms with Crippen LogP contribution in [0.25, 0.3) is 0 Å². The first-order valence-corrected chi connectivity index (χ1v) is 18.6. The Morgan fingerprint density at radius 3 is 1.52 bits per heavy atom. The molecular weight excluding hydrogens is 852 g/mol. The van der Waals surface area contributed by atoms with Gasteiger partial charge in [0.1, 0.15) is 12.1 Å². The second-order valence-electron chi connectivity index (χ2n) is 13.1. The van der Waals surface area contributed by atoms with Gasteiger partial charge >= 0.3 is 17.7 Å². The highest BCUT2D eigenvalue weighted by atomic mass is 19.3. The average Bonchev–Trinajstić information content (AvgIpc) is 3.77. The lowest BCUT2D eigenvalue weighted by atomic mass is 9.94. The molecule has 1 aliphatic heterocycles. The van der Waals surface area contributed by atoms with Gasteiger partial charge in [-0.1, -0.05) is 58.0 Å². The summed E-state index contributed by atoms with van der Waals surface area (Å²) in [6, 6.07) is 3.99. The van der Waals surface area contributed by atoms with Gasteiger partial charge < -0.3 is 20.9 Å². The van der Waals surface area contributed by atoms with E-state index in [1.807, 2.05) is 5.43 Å². The number of halogens is 2. The molecule has 1 aliphatic rings. The van der Waals surface area contributed by atoms with Crippen LogP contribution in [0.2, 0.25) is 0 Å². The summed E-state index contributed by atoms with van der Waals surface area (Å²) in [6.07, 6.45) is 0.463. The monoisotopic (exact) mass is 912 g/mol. The number of benzene rings is 1. The van der Waals surface area contributed by atoms with Crippen LogP contribution in [0.15, 0.2) is 30.3 Å². The molecule has 1 aromatic carbocycles.